The van der Waals surface area contributed by atoms with Gasteiger partial charge in [-0.15, -0.1) is 0 Å². The van der Waals surface area contributed by atoms with Crippen molar-refractivity contribution >= 4 is 17.7 Å². The van der Waals surface area contributed by atoms with Crippen molar-refractivity contribution in [2.24, 2.45) is 4.99 Å². The van der Waals surface area contributed by atoms with Crippen molar-refractivity contribution in [1.29, 1.82) is 0 Å². The third-order valence-corrected chi connectivity index (χ3v) is 3.50. The monoisotopic (exact) mass is 267 g/mol. The summed E-state index contributed by atoms with van der Waals surface area (Å²) in [5, 5.41) is 0.420. The van der Waals surface area contributed by atoms with E-state index in [2.05, 4.69) is 4.99 Å². The molecule has 0 aromatic heterocycles. The van der Waals surface area contributed by atoms with Gasteiger partial charge in [-0.1, -0.05) is 11.6 Å². The van der Waals surface area contributed by atoms with Gasteiger partial charge in [0.25, 0.3) is 0 Å². The molecule has 0 spiro atoms. The van der Waals surface area contributed by atoms with E-state index in [1.165, 1.54) is 7.11 Å². The topological polar surface area (TPSA) is 57.1 Å². The number of hydrogen-bond donors (Lipinski definition) is 0. The van der Waals surface area contributed by atoms with Gasteiger partial charge in [-0.05, 0) is 12.8 Å². The standard InChI is InChI=1S/C12H10ClNO4/c1-16-10-7(13)4-8-11(18-6-17-8)9(10)12(2-3-12)14-5-15/h4H,2-3,6H2,1H3. The van der Waals surface area contributed by atoms with E-state index in [1.807, 2.05) is 0 Å². The molecule has 6 heteroatoms. The quantitative estimate of drug-likeness (QED) is 0.623. The molecular weight excluding hydrogens is 258 g/mol. The molecule has 0 amide bonds. The van der Waals surface area contributed by atoms with Gasteiger partial charge in [0.2, 0.25) is 12.9 Å². The fourth-order valence-electron chi connectivity index (χ4n) is 2.24. The van der Waals surface area contributed by atoms with E-state index in [0.717, 1.165) is 12.8 Å². The maximum Gasteiger partial charge on any atom is 0.235 e. The zero-order valence-electron chi connectivity index (χ0n) is 9.66. The Kier molecular flexibility index (Phi) is 2.47. The Labute approximate surface area is 108 Å². The number of ether oxygens (including phenoxy) is 3. The lowest BCUT2D eigenvalue weighted by atomic mass is 10.0. The van der Waals surface area contributed by atoms with Crippen molar-refractivity contribution in [3.05, 3.63) is 16.7 Å². The lowest BCUT2D eigenvalue weighted by Gasteiger charge is -2.17. The molecule has 0 radical (unpaired) electrons. The molecule has 5 nitrogen and oxygen atoms in total. The van der Waals surface area contributed by atoms with E-state index in [1.54, 1.807) is 12.1 Å². The van der Waals surface area contributed by atoms with Crippen molar-refractivity contribution in [3.8, 4) is 17.2 Å². The first-order valence-corrected chi connectivity index (χ1v) is 5.85. The van der Waals surface area contributed by atoms with Gasteiger partial charge in [-0.3, -0.25) is 0 Å². The van der Waals surface area contributed by atoms with E-state index in [9.17, 15) is 4.79 Å². The molecule has 0 N–H and O–H groups in total. The zero-order chi connectivity index (χ0) is 12.8. The Morgan fingerprint density at radius 1 is 1.50 bits per heavy atom. The summed E-state index contributed by atoms with van der Waals surface area (Å²) in [5.74, 6) is 1.60. The average Bonchev–Trinajstić information content (AvgIpc) is 2.98. The molecule has 1 aromatic carbocycles. The molecule has 18 heavy (non-hydrogen) atoms. The van der Waals surface area contributed by atoms with Gasteiger partial charge >= 0.3 is 0 Å². The van der Waals surface area contributed by atoms with Gasteiger partial charge in [0, 0.05) is 6.07 Å². The molecule has 1 aromatic rings. The number of hydrogen-bond acceptors (Lipinski definition) is 5. The minimum Gasteiger partial charge on any atom is -0.495 e. The van der Waals surface area contributed by atoms with Crippen LogP contribution in [0.2, 0.25) is 5.02 Å². The predicted molar refractivity (Wildman–Crippen MR) is 63.2 cm³/mol. The molecule has 0 atom stereocenters. The van der Waals surface area contributed by atoms with Crippen LogP contribution >= 0.6 is 11.6 Å². The number of methoxy groups -OCH3 is 1. The number of rotatable bonds is 3. The van der Waals surface area contributed by atoms with Gasteiger partial charge in [0.05, 0.1) is 17.7 Å². The Balaban J connectivity index is 2.26. The van der Waals surface area contributed by atoms with Crippen molar-refractivity contribution in [1.82, 2.24) is 0 Å². The first-order valence-electron chi connectivity index (χ1n) is 5.47. The number of nitrogens with zero attached hydrogens (tertiary/aromatic N) is 1. The highest BCUT2D eigenvalue weighted by Gasteiger charge is 2.51. The van der Waals surface area contributed by atoms with Crippen molar-refractivity contribution in [2.75, 3.05) is 13.9 Å². The Morgan fingerprint density at radius 2 is 2.28 bits per heavy atom. The van der Waals surface area contributed by atoms with Gasteiger partial charge in [0.1, 0.15) is 11.3 Å². The molecule has 94 valence electrons. The maximum atomic E-state index is 10.6. The fourth-order valence-corrected chi connectivity index (χ4v) is 2.51. The second-order valence-corrected chi connectivity index (χ2v) is 4.64. The summed E-state index contributed by atoms with van der Waals surface area (Å²) in [7, 11) is 1.52. The van der Waals surface area contributed by atoms with Crippen LogP contribution in [0.5, 0.6) is 17.2 Å². The lowest BCUT2D eigenvalue weighted by Crippen LogP contribution is -2.07. The summed E-state index contributed by atoms with van der Waals surface area (Å²) >= 11 is 6.15. The molecule has 0 unspecified atom stereocenters. The van der Waals surface area contributed by atoms with Crippen LogP contribution in [-0.4, -0.2) is 20.0 Å². The van der Waals surface area contributed by atoms with Crippen LogP contribution in [0.4, 0.5) is 0 Å². The number of aliphatic imine (C=N–C) groups is 1. The third-order valence-electron chi connectivity index (χ3n) is 3.22. The number of fused-ring (bicyclic) bond motifs is 1. The maximum absolute atomic E-state index is 10.6. The number of halogens is 1. The first-order chi connectivity index (χ1) is 8.72. The predicted octanol–water partition coefficient (Wildman–Crippen LogP) is 2.40. The molecule has 0 bridgehead atoms. The van der Waals surface area contributed by atoms with Crippen molar-refractivity contribution in [3.63, 3.8) is 0 Å². The second kappa shape index (κ2) is 3.90. The molecule has 2 aliphatic rings. The molecule has 1 saturated carbocycles. The van der Waals surface area contributed by atoms with Crippen molar-refractivity contribution in [2.45, 2.75) is 18.4 Å². The van der Waals surface area contributed by atoms with Crippen LogP contribution in [0.15, 0.2) is 11.1 Å². The first kappa shape index (κ1) is 11.4. The Bertz CT molecular complexity index is 558. The summed E-state index contributed by atoms with van der Waals surface area (Å²) in [6.45, 7) is 0.132. The Hall–Kier alpha value is -1.71. The highest BCUT2D eigenvalue weighted by Crippen LogP contribution is 2.59. The normalized spacial score (nSPS) is 18.1. The van der Waals surface area contributed by atoms with Gasteiger partial charge in [0.15, 0.2) is 11.5 Å². The summed E-state index contributed by atoms with van der Waals surface area (Å²) < 4.78 is 16.1. The largest absolute Gasteiger partial charge is 0.495 e. The average molecular weight is 268 g/mol. The highest BCUT2D eigenvalue weighted by molar-refractivity contribution is 6.32. The van der Waals surface area contributed by atoms with Crippen molar-refractivity contribution < 1.29 is 19.0 Å². The third kappa shape index (κ3) is 1.48. The molecule has 0 saturated heterocycles. The molecule has 3 rings (SSSR count). The lowest BCUT2D eigenvalue weighted by molar-refractivity contribution is 0.172. The molecule has 1 aliphatic heterocycles. The Morgan fingerprint density at radius 3 is 2.89 bits per heavy atom. The number of benzene rings is 1. The second-order valence-electron chi connectivity index (χ2n) is 4.24. The van der Waals surface area contributed by atoms with Crippen LogP contribution in [0.3, 0.4) is 0 Å². The van der Waals surface area contributed by atoms with E-state index >= 15 is 0 Å². The van der Waals surface area contributed by atoms with Gasteiger partial charge in [-0.25, -0.2) is 4.79 Å². The van der Waals surface area contributed by atoms with E-state index < -0.39 is 5.54 Å². The molecular formula is C12H10ClNO4. The molecule has 1 heterocycles. The number of carbonyl (C=O) groups excluding carboxylic acids is 1. The van der Waals surface area contributed by atoms with Gasteiger partial charge in [-0.2, -0.15) is 4.99 Å². The minimum atomic E-state index is -0.615. The zero-order valence-corrected chi connectivity index (χ0v) is 10.4. The van der Waals surface area contributed by atoms with E-state index in [0.29, 0.717) is 27.8 Å². The summed E-state index contributed by atoms with van der Waals surface area (Å²) in [4.78, 5) is 14.5. The fraction of sp³-hybridized carbons (Fsp3) is 0.417. The summed E-state index contributed by atoms with van der Waals surface area (Å²) in [6.07, 6.45) is 3.10. The van der Waals surface area contributed by atoms with Crippen LogP contribution in [-0.2, 0) is 10.3 Å². The van der Waals surface area contributed by atoms with Crippen LogP contribution < -0.4 is 14.2 Å². The van der Waals surface area contributed by atoms with E-state index in [4.69, 9.17) is 25.8 Å². The highest BCUT2D eigenvalue weighted by atomic mass is 35.5. The van der Waals surface area contributed by atoms with Crippen LogP contribution in [0.25, 0.3) is 0 Å². The SMILES string of the molecule is COc1c(Cl)cc2c(c1C1(N=C=O)CC1)OCO2. The molecule has 1 fully saturated rings. The van der Waals surface area contributed by atoms with Gasteiger partial charge < -0.3 is 14.2 Å². The number of isocyanates is 1. The summed E-state index contributed by atoms with van der Waals surface area (Å²) in [6, 6.07) is 1.65. The van der Waals surface area contributed by atoms with Crippen LogP contribution in [0.1, 0.15) is 18.4 Å². The molecule has 1 aliphatic carbocycles. The summed E-state index contributed by atoms with van der Waals surface area (Å²) in [5.41, 5.74) is 0.0730. The minimum absolute atomic E-state index is 0.132. The van der Waals surface area contributed by atoms with E-state index in [-0.39, 0.29) is 6.79 Å². The smallest absolute Gasteiger partial charge is 0.235 e. The van der Waals surface area contributed by atoms with Crippen LogP contribution in [0, 0.1) is 0 Å².